The van der Waals surface area contributed by atoms with Crippen LogP contribution in [-0.2, 0) is 0 Å². The zero-order valence-electron chi connectivity index (χ0n) is 30.1. The van der Waals surface area contributed by atoms with Gasteiger partial charge in [-0.05, 0) is 68.6 Å². The number of hydrogen-bond donors (Lipinski definition) is 0. The lowest BCUT2D eigenvalue weighted by Gasteiger charge is -2.13. The molecule has 9 aromatic carbocycles. The number of para-hydroxylation sites is 2. The summed E-state index contributed by atoms with van der Waals surface area (Å²) < 4.78 is 8.92. The second-order valence-electron chi connectivity index (χ2n) is 14.5. The van der Waals surface area contributed by atoms with Gasteiger partial charge in [-0.15, -0.1) is 0 Å². The Morgan fingerprint density at radius 1 is 0.375 bits per heavy atom. The first-order valence-corrected chi connectivity index (χ1v) is 19.0. The molecule has 12 rings (SSSR count). The summed E-state index contributed by atoms with van der Waals surface area (Å²) in [6.45, 7) is 0. The molecule has 0 aliphatic heterocycles. The van der Waals surface area contributed by atoms with Crippen molar-refractivity contribution in [2.45, 2.75) is 0 Å². The van der Waals surface area contributed by atoms with Gasteiger partial charge in [-0.1, -0.05) is 152 Å². The van der Waals surface area contributed by atoms with E-state index in [1.54, 1.807) is 0 Å². The minimum absolute atomic E-state index is 0.688. The number of rotatable bonds is 5. The van der Waals surface area contributed by atoms with Crippen molar-refractivity contribution < 1.29 is 4.42 Å². The van der Waals surface area contributed by atoms with E-state index >= 15 is 0 Å². The van der Waals surface area contributed by atoms with Gasteiger partial charge in [-0.2, -0.15) is 0 Å². The van der Waals surface area contributed by atoms with E-state index in [1.165, 1.54) is 43.1 Å². The van der Waals surface area contributed by atoms with Crippen molar-refractivity contribution in [3.63, 3.8) is 0 Å². The highest BCUT2D eigenvalue weighted by atomic mass is 16.3. The van der Waals surface area contributed by atoms with Crippen LogP contribution in [0.1, 0.15) is 0 Å². The normalized spacial score (nSPS) is 11.9. The van der Waals surface area contributed by atoms with E-state index in [0.29, 0.717) is 5.82 Å². The van der Waals surface area contributed by atoms with Gasteiger partial charge < -0.3 is 4.42 Å². The molecule has 0 bridgehead atoms. The Labute approximate surface area is 321 Å². The van der Waals surface area contributed by atoms with Crippen molar-refractivity contribution in [3.8, 4) is 50.7 Å². The molecular weight excluding hydrogens is 683 g/mol. The van der Waals surface area contributed by atoms with Gasteiger partial charge in [0.25, 0.3) is 0 Å². The van der Waals surface area contributed by atoms with Crippen LogP contribution in [0.4, 0.5) is 0 Å². The first-order chi connectivity index (χ1) is 27.8. The number of aromatic nitrogens is 3. The molecule has 0 N–H and O–H groups in total. The topological polar surface area (TPSA) is 43.9 Å². The fraction of sp³-hybridized carbons (Fsp3) is 0. The van der Waals surface area contributed by atoms with Crippen molar-refractivity contribution in [1.82, 2.24) is 14.5 Å². The molecule has 0 spiro atoms. The van der Waals surface area contributed by atoms with Gasteiger partial charge in [-0.3, -0.25) is 4.57 Å². The van der Waals surface area contributed by atoms with Crippen LogP contribution in [0.15, 0.2) is 192 Å². The molecule has 0 amide bonds. The van der Waals surface area contributed by atoms with Crippen LogP contribution in [0.2, 0.25) is 0 Å². The van der Waals surface area contributed by atoms with Crippen LogP contribution >= 0.6 is 0 Å². The van der Waals surface area contributed by atoms with E-state index in [4.69, 9.17) is 14.4 Å². The minimum Gasteiger partial charge on any atom is -0.455 e. The largest absolute Gasteiger partial charge is 0.455 e. The smallest absolute Gasteiger partial charge is 0.162 e. The summed E-state index contributed by atoms with van der Waals surface area (Å²) >= 11 is 0. The fourth-order valence-corrected chi connectivity index (χ4v) is 8.83. The molecule has 0 saturated heterocycles. The van der Waals surface area contributed by atoms with Crippen molar-refractivity contribution in [2.75, 3.05) is 0 Å². The van der Waals surface area contributed by atoms with E-state index in [1.807, 2.05) is 18.2 Å². The standard InChI is InChI=1S/C52H31N3O/c1-2-12-34(13-3-1)52-53-44(31-48(54-52)55-45-21-8-6-18-40(45)41-19-7-9-22-46(41)55)36-15-10-14-35(30-36)32-24-26-33(27-25-32)37-28-29-43-39-17-5-4-16-38(39)42-20-11-23-47-49(42)50(43)51(37)56-47/h1-31H. The molecule has 4 nitrogen and oxygen atoms in total. The monoisotopic (exact) mass is 713 g/mol. The maximum atomic E-state index is 6.66. The second-order valence-corrected chi connectivity index (χ2v) is 14.5. The summed E-state index contributed by atoms with van der Waals surface area (Å²) in [5.41, 5.74) is 11.4. The minimum atomic E-state index is 0.688. The molecule has 0 unspecified atom stereocenters. The molecule has 3 aromatic heterocycles. The third kappa shape index (κ3) is 4.60. The molecule has 0 aliphatic carbocycles. The third-order valence-electron chi connectivity index (χ3n) is 11.4. The second kappa shape index (κ2) is 12.0. The zero-order chi connectivity index (χ0) is 36.7. The molecule has 3 heterocycles. The van der Waals surface area contributed by atoms with Crippen LogP contribution in [0, 0.1) is 0 Å². The lowest BCUT2D eigenvalue weighted by molar-refractivity contribution is 0.670. The van der Waals surface area contributed by atoms with Crippen LogP contribution in [0.3, 0.4) is 0 Å². The third-order valence-corrected chi connectivity index (χ3v) is 11.4. The van der Waals surface area contributed by atoms with Gasteiger partial charge in [0, 0.05) is 44.3 Å². The Hall–Kier alpha value is -7.56. The number of nitrogens with zero attached hydrogens (tertiary/aromatic N) is 3. The van der Waals surface area contributed by atoms with Crippen molar-refractivity contribution in [3.05, 3.63) is 188 Å². The first-order valence-electron chi connectivity index (χ1n) is 19.0. The summed E-state index contributed by atoms with van der Waals surface area (Å²) in [6, 6.07) is 66.5. The van der Waals surface area contributed by atoms with Gasteiger partial charge in [0.05, 0.1) is 16.7 Å². The number of fused-ring (bicyclic) bond motifs is 6. The quantitative estimate of drug-likeness (QED) is 0.167. The average molecular weight is 714 g/mol. The Kier molecular flexibility index (Phi) is 6.60. The highest BCUT2D eigenvalue weighted by Gasteiger charge is 2.20. The van der Waals surface area contributed by atoms with Gasteiger partial charge in [0.2, 0.25) is 0 Å². The molecule has 0 fully saturated rings. The molecular formula is C52H31N3O. The molecule has 260 valence electrons. The highest BCUT2D eigenvalue weighted by Crippen LogP contribution is 2.45. The maximum Gasteiger partial charge on any atom is 0.162 e. The SMILES string of the molecule is c1ccc(-c2nc(-c3cccc(-c4ccc(-c5ccc6c7ccccc7c7cccc8oc5c6c87)cc4)c3)cc(-n3c4ccccc4c4ccccc43)n2)cc1. The zero-order valence-corrected chi connectivity index (χ0v) is 30.1. The van der Waals surface area contributed by atoms with E-state index in [2.05, 4.69) is 174 Å². The molecule has 0 aliphatic rings. The average Bonchev–Trinajstić information content (AvgIpc) is 3.83. The van der Waals surface area contributed by atoms with E-state index in [-0.39, 0.29) is 0 Å². The molecule has 0 saturated carbocycles. The van der Waals surface area contributed by atoms with E-state index < -0.39 is 0 Å². The van der Waals surface area contributed by atoms with Gasteiger partial charge in [-0.25, -0.2) is 9.97 Å². The van der Waals surface area contributed by atoms with Gasteiger partial charge in [0.15, 0.2) is 5.82 Å². The molecule has 56 heavy (non-hydrogen) atoms. The molecule has 0 radical (unpaired) electrons. The molecule has 12 aromatic rings. The Balaban J connectivity index is 0.970. The van der Waals surface area contributed by atoms with E-state index in [0.717, 1.165) is 67.1 Å². The van der Waals surface area contributed by atoms with Crippen molar-refractivity contribution in [1.29, 1.82) is 0 Å². The van der Waals surface area contributed by atoms with Crippen LogP contribution in [-0.4, -0.2) is 14.5 Å². The Morgan fingerprint density at radius 2 is 0.964 bits per heavy atom. The van der Waals surface area contributed by atoms with Crippen LogP contribution < -0.4 is 0 Å². The highest BCUT2D eigenvalue weighted by molar-refractivity contribution is 6.34. The lowest BCUT2D eigenvalue weighted by Crippen LogP contribution is -2.02. The molecule has 0 atom stereocenters. The van der Waals surface area contributed by atoms with Crippen LogP contribution in [0.5, 0.6) is 0 Å². The Morgan fingerprint density at radius 3 is 1.71 bits per heavy atom. The van der Waals surface area contributed by atoms with Crippen molar-refractivity contribution >= 4 is 65.3 Å². The number of hydrogen-bond acceptors (Lipinski definition) is 3. The first kappa shape index (κ1) is 30.9. The lowest BCUT2D eigenvalue weighted by atomic mass is 9.91. The van der Waals surface area contributed by atoms with Gasteiger partial charge in [0.1, 0.15) is 17.0 Å². The summed E-state index contributed by atoms with van der Waals surface area (Å²) in [5.74, 6) is 1.52. The number of furan rings is 1. The maximum absolute atomic E-state index is 6.66. The fourth-order valence-electron chi connectivity index (χ4n) is 8.83. The van der Waals surface area contributed by atoms with Crippen LogP contribution in [0.25, 0.3) is 116 Å². The molecule has 4 heteroatoms. The summed E-state index contributed by atoms with van der Waals surface area (Å²) in [7, 11) is 0. The predicted octanol–water partition coefficient (Wildman–Crippen LogP) is 13.9. The summed E-state index contributed by atoms with van der Waals surface area (Å²) in [6.07, 6.45) is 0. The number of benzene rings is 9. The Bertz CT molecular complexity index is 3410. The van der Waals surface area contributed by atoms with E-state index in [9.17, 15) is 0 Å². The predicted molar refractivity (Wildman–Crippen MR) is 232 cm³/mol. The summed E-state index contributed by atoms with van der Waals surface area (Å²) in [4.78, 5) is 10.4. The van der Waals surface area contributed by atoms with Crippen molar-refractivity contribution in [2.24, 2.45) is 0 Å². The summed E-state index contributed by atoms with van der Waals surface area (Å²) in [5, 5.41) is 9.77. The van der Waals surface area contributed by atoms with Gasteiger partial charge >= 0.3 is 0 Å².